The van der Waals surface area contributed by atoms with Crippen molar-refractivity contribution in [3.63, 3.8) is 0 Å². The summed E-state index contributed by atoms with van der Waals surface area (Å²) in [6.45, 7) is 7.74. The van der Waals surface area contributed by atoms with Crippen molar-refractivity contribution in [3.05, 3.63) is 65.7 Å². The van der Waals surface area contributed by atoms with Crippen molar-refractivity contribution in [1.29, 1.82) is 0 Å². The van der Waals surface area contributed by atoms with Crippen molar-refractivity contribution in [3.8, 4) is 5.75 Å². The van der Waals surface area contributed by atoms with Crippen molar-refractivity contribution < 1.29 is 14.3 Å². The van der Waals surface area contributed by atoms with Crippen LogP contribution in [0.3, 0.4) is 0 Å². The van der Waals surface area contributed by atoms with Crippen LogP contribution >= 0.6 is 0 Å². The smallest absolute Gasteiger partial charge is 0.308 e. The maximum absolute atomic E-state index is 12.4. The highest BCUT2D eigenvalue weighted by atomic mass is 16.6. The molecule has 0 bridgehead atoms. The summed E-state index contributed by atoms with van der Waals surface area (Å²) < 4.78 is 10.7. The van der Waals surface area contributed by atoms with Crippen molar-refractivity contribution in [2.75, 3.05) is 7.11 Å². The van der Waals surface area contributed by atoms with Crippen LogP contribution in [0.2, 0.25) is 0 Å². The van der Waals surface area contributed by atoms with E-state index in [2.05, 4.69) is 12.2 Å². The zero-order valence-corrected chi connectivity index (χ0v) is 16.3. The lowest BCUT2D eigenvalue weighted by atomic mass is 10.0. The Morgan fingerprint density at radius 1 is 1.00 bits per heavy atom. The third-order valence-electron chi connectivity index (χ3n) is 4.06. The first-order valence-electron chi connectivity index (χ1n) is 8.95. The summed E-state index contributed by atoms with van der Waals surface area (Å²) in [6.07, 6.45) is 0.280. The molecule has 0 amide bonds. The van der Waals surface area contributed by atoms with Gasteiger partial charge in [0, 0.05) is 12.1 Å². The minimum Gasteiger partial charge on any atom is -0.497 e. The molecule has 0 fully saturated rings. The first-order chi connectivity index (χ1) is 12.3. The van der Waals surface area contributed by atoms with Crippen LogP contribution in [0.15, 0.2) is 54.6 Å². The molecular weight excluding hydrogens is 326 g/mol. The van der Waals surface area contributed by atoms with E-state index < -0.39 is 5.60 Å². The zero-order chi connectivity index (χ0) is 19.2. The molecule has 2 aromatic carbocycles. The highest BCUT2D eigenvalue weighted by molar-refractivity contribution is 5.71. The number of carbonyl (C=O) groups excluding carboxylic acids is 1. The predicted molar refractivity (Wildman–Crippen MR) is 104 cm³/mol. The van der Waals surface area contributed by atoms with Crippen LogP contribution < -0.4 is 10.1 Å². The molecule has 4 nitrogen and oxygen atoms in total. The van der Waals surface area contributed by atoms with Gasteiger partial charge in [-0.2, -0.15) is 0 Å². The van der Waals surface area contributed by atoms with E-state index in [-0.39, 0.29) is 24.5 Å². The summed E-state index contributed by atoms with van der Waals surface area (Å²) in [5, 5.41) is 3.56. The number of methoxy groups -OCH3 is 1. The van der Waals surface area contributed by atoms with Crippen LogP contribution in [-0.4, -0.2) is 18.7 Å². The van der Waals surface area contributed by atoms with E-state index in [9.17, 15) is 4.79 Å². The van der Waals surface area contributed by atoms with Crippen LogP contribution in [0.5, 0.6) is 5.75 Å². The van der Waals surface area contributed by atoms with Gasteiger partial charge in [-0.3, -0.25) is 4.79 Å². The average molecular weight is 355 g/mol. The molecule has 0 saturated heterocycles. The zero-order valence-electron chi connectivity index (χ0n) is 16.3. The molecule has 0 heterocycles. The molecule has 26 heavy (non-hydrogen) atoms. The molecule has 0 unspecified atom stereocenters. The summed E-state index contributed by atoms with van der Waals surface area (Å²) >= 11 is 0. The molecule has 0 spiro atoms. The lowest BCUT2D eigenvalue weighted by Gasteiger charge is -2.26. The van der Waals surface area contributed by atoms with Gasteiger partial charge in [0.2, 0.25) is 0 Å². The maximum atomic E-state index is 12.4. The largest absolute Gasteiger partial charge is 0.497 e. The number of carbonyl (C=O) groups is 1. The molecule has 0 radical (unpaired) electrons. The molecule has 1 N–H and O–H groups in total. The first-order valence-corrected chi connectivity index (χ1v) is 8.95. The Morgan fingerprint density at radius 3 is 2.15 bits per heavy atom. The number of ether oxygens (including phenoxy) is 2. The van der Waals surface area contributed by atoms with Crippen LogP contribution in [0, 0.1) is 0 Å². The van der Waals surface area contributed by atoms with E-state index in [1.165, 1.54) is 0 Å². The van der Waals surface area contributed by atoms with Gasteiger partial charge < -0.3 is 14.8 Å². The molecule has 0 aromatic heterocycles. The second kappa shape index (κ2) is 8.86. The normalized spacial score (nSPS) is 13.7. The van der Waals surface area contributed by atoms with Gasteiger partial charge in [0.1, 0.15) is 11.4 Å². The fourth-order valence-corrected chi connectivity index (χ4v) is 2.80. The molecule has 2 atom stereocenters. The van der Waals surface area contributed by atoms with E-state index in [1.807, 2.05) is 75.4 Å². The minimum atomic E-state index is -0.486. The lowest BCUT2D eigenvalue weighted by Crippen LogP contribution is -2.30. The number of rotatable bonds is 7. The van der Waals surface area contributed by atoms with Crippen molar-refractivity contribution in [2.45, 2.75) is 51.8 Å². The quantitative estimate of drug-likeness (QED) is 0.724. The van der Waals surface area contributed by atoms with Gasteiger partial charge in [0.15, 0.2) is 0 Å². The van der Waals surface area contributed by atoms with E-state index in [1.54, 1.807) is 7.11 Å². The fourth-order valence-electron chi connectivity index (χ4n) is 2.80. The van der Waals surface area contributed by atoms with Gasteiger partial charge in [-0.1, -0.05) is 42.5 Å². The minimum absolute atomic E-state index is 0.0774. The molecule has 0 aliphatic carbocycles. The van der Waals surface area contributed by atoms with Crippen LogP contribution in [-0.2, 0) is 9.53 Å². The van der Waals surface area contributed by atoms with Crippen LogP contribution in [0.4, 0.5) is 0 Å². The van der Waals surface area contributed by atoms with E-state index in [4.69, 9.17) is 9.47 Å². The fraction of sp³-hybridized carbons (Fsp3) is 0.409. The summed E-state index contributed by atoms with van der Waals surface area (Å²) in [5.74, 6) is 0.620. The van der Waals surface area contributed by atoms with E-state index >= 15 is 0 Å². The molecule has 2 aromatic rings. The number of benzene rings is 2. The predicted octanol–water partition coefficient (Wildman–Crippen LogP) is 4.82. The second-order valence-corrected chi connectivity index (χ2v) is 7.42. The van der Waals surface area contributed by atoms with Gasteiger partial charge >= 0.3 is 5.97 Å². The third-order valence-corrected chi connectivity index (χ3v) is 4.06. The topological polar surface area (TPSA) is 47.6 Å². The lowest BCUT2D eigenvalue weighted by molar-refractivity contribution is -0.155. The van der Waals surface area contributed by atoms with Gasteiger partial charge in [-0.05, 0) is 51.0 Å². The average Bonchev–Trinajstić information content (AvgIpc) is 2.60. The molecule has 0 aliphatic heterocycles. The highest BCUT2D eigenvalue weighted by Gasteiger charge is 2.23. The molecule has 0 aliphatic rings. The molecule has 0 saturated carbocycles. The number of esters is 1. The Kier molecular flexibility index (Phi) is 6.81. The van der Waals surface area contributed by atoms with Gasteiger partial charge in [0.05, 0.1) is 13.5 Å². The highest BCUT2D eigenvalue weighted by Crippen LogP contribution is 2.25. The number of nitrogens with one attached hydrogen (secondary N) is 1. The van der Waals surface area contributed by atoms with E-state index in [0.717, 1.165) is 16.9 Å². The standard InChI is InChI=1S/C22H29NO3/c1-16(17-11-13-19(25-5)14-12-17)23-20(18-9-7-6-8-10-18)15-21(24)26-22(2,3)4/h6-14,16,20,23H,15H2,1-5H3/t16-,20+/m0/s1. The Hall–Kier alpha value is -2.33. The Labute approximate surface area is 156 Å². The maximum Gasteiger partial charge on any atom is 0.308 e. The van der Waals surface area contributed by atoms with Crippen molar-refractivity contribution in [1.82, 2.24) is 5.32 Å². The van der Waals surface area contributed by atoms with E-state index in [0.29, 0.717) is 0 Å². The van der Waals surface area contributed by atoms with Crippen molar-refractivity contribution >= 4 is 5.97 Å². The van der Waals surface area contributed by atoms with Crippen molar-refractivity contribution in [2.24, 2.45) is 0 Å². The monoisotopic (exact) mass is 355 g/mol. The first kappa shape index (κ1) is 20.0. The summed E-state index contributed by atoms with van der Waals surface area (Å²) in [4.78, 5) is 12.4. The third kappa shape index (κ3) is 6.19. The Balaban J connectivity index is 2.14. The van der Waals surface area contributed by atoms with Gasteiger partial charge in [0.25, 0.3) is 0 Å². The Bertz CT molecular complexity index is 690. The summed E-state index contributed by atoms with van der Waals surface area (Å²) in [5.41, 5.74) is 1.72. The van der Waals surface area contributed by atoms with Gasteiger partial charge in [-0.15, -0.1) is 0 Å². The molecule has 2 rings (SSSR count). The molecular formula is C22H29NO3. The number of hydrogen-bond acceptors (Lipinski definition) is 4. The summed E-state index contributed by atoms with van der Waals surface area (Å²) in [6, 6.07) is 17.9. The van der Waals surface area contributed by atoms with Crippen LogP contribution in [0.25, 0.3) is 0 Å². The SMILES string of the molecule is COc1ccc([C@H](C)N[C@H](CC(=O)OC(C)(C)C)c2ccccc2)cc1. The second-order valence-electron chi connectivity index (χ2n) is 7.42. The van der Waals surface area contributed by atoms with Gasteiger partial charge in [-0.25, -0.2) is 0 Å². The molecule has 140 valence electrons. The molecule has 4 heteroatoms. The number of hydrogen-bond donors (Lipinski definition) is 1. The summed E-state index contributed by atoms with van der Waals surface area (Å²) in [7, 11) is 1.66. The Morgan fingerprint density at radius 2 is 1.62 bits per heavy atom. The van der Waals surface area contributed by atoms with Crippen LogP contribution in [0.1, 0.15) is 57.3 Å².